The molecule has 6 heteroatoms. The van der Waals surface area contributed by atoms with Gasteiger partial charge in [-0.2, -0.15) is 0 Å². The SMILES string of the molecule is C[C@H]1CCCC[NH+]1CCCNC(=O)c1ccc(NC(=O)c2cccs2)cc1. The predicted molar refractivity (Wildman–Crippen MR) is 110 cm³/mol. The van der Waals surface area contributed by atoms with Crippen LogP contribution in [-0.4, -0.2) is 37.5 Å². The van der Waals surface area contributed by atoms with E-state index in [0.717, 1.165) is 19.0 Å². The van der Waals surface area contributed by atoms with E-state index in [1.54, 1.807) is 35.2 Å². The lowest BCUT2D eigenvalue weighted by Gasteiger charge is -2.30. The third kappa shape index (κ3) is 5.65. The van der Waals surface area contributed by atoms with Crippen molar-refractivity contribution in [2.75, 3.05) is 25.0 Å². The summed E-state index contributed by atoms with van der Waals surface area (Å²) in [7, 11) is 0. The van der Waals surface area contributed by atoms with Gasteiger partial charge in [-0.05, 0) is 61.9 Å². The molecule has 1 fully saturated rings. The summed E-state index contributed by atoms with van der Waals surface area (Å²) in [6, 6.07) is 11.4. The molecule has 2 aromatic rings. The Kier molecular flexibility index (Phi) is 7.01. The Hall–Kier alpha value is -2.18. The molecule has 1 aliphatic heterocycles. The Balaban J connectivity index is 1.41. The highest BCUT2D eigenvalue weighted by molar-refractivity contribution is 7.12. The van der Waals surface area contributed by atoms with Gasteiger partial charge in [-0.15, -0.1) is 11.3 Å². The van der Waals surface area contributed by atoms with Gasteiger partial charge in [0.1, 0.15) is 0 Å². The monoisotopic (exact) mass is 386 g/mol. The van der Waals surface area contributed by atoms with E-state index in [1.165, 1.54) is 37.1 Å². The standard InChI is InChI=1S/C21H27N3O2S/c1-16-6-2-3-13-24(16)14-5-12-22-20(25)17-8-10-18(11-9-17)23-21(26)19-7-4-15-27-19/h4,7-11,15-16H,2-3,5-6,12-14H2,1H3,(H,22,25)(H,23,26)/p+1/t16-/m0/s1. The van der Waals surface area contributed by atoms with Gasteiger partial charge < -0.3 is 15.5 Å². The minimum atomic E-state index is -0.128. The third-order valence-corrected chi connectivity index (χ3v) is 6.06. The third-order valence-electron chi connectivity index (χ3n) is 5.19. The topological polar surface area (TPSA) is 62.6 Å². The molecule has 0 aliphatic carbocycles. The van der Waals surface area contributed by atoms with E-state index in [4.69, 9.17) is 0 Å². The van der Waals surface area contributed by atoms with Crippen LogP contribution >= 0.6 is 11.3 Å². The number of carbonyl (C=O) groups excluding carboxylic acids is 2. The summed E-state index contributed by atoms with van der Waals surface area (Å²) in [5.74, 6) is -0.190. The first-order valence-electron chi connectivity index (χ1n) is 9.71. The Bertz CT molecular complexity index is 743. The average molecular weight is 387 g/mol. The predicted octanol–water partition coefficient (Wildman–Crippen LogP) is 2.58. The molecular weight excluding hydrogens is 358 g/mol. The Morgan fingerprint density at radius 1 is 1.15 bits per heavy atom. The number of hydrogen-bond donors (Lipinski definition) is 3. The second kappa shape index (κ2) is 9.67. The number of amides is 2. The van der Waals surface area contributed by atoms with Crippen molar-refractivity contribution >= 4 is 28.8 Å². The van der Waals surface area contributed by atoms with Gasteiger partial charge >= 0.3 is 0 Å². The van der Waals surface area contributed by atoms with Crippen LogP contribution in [0.5, 0.6) is 0 Å². The summed E-state index contributed by atoms with van der Waals surface area (Å²) in [6.07, 6.45) is 4.99. The maximum absolute atomic E-state index is 12.3. The maximum atomic E-state index is 12.3. The highest BCUT2D eigenvalue weighted by Gasteiger charge is 2.20. The van der Waals surface area contributed by atoms with Crippen LogP contribution in [0, 0.1) is 0 Å². The van der Waals surface area contributed by atoms with Crippen LogP contribution in [0.2, 0.25) is 0 Å². The van der Waals surface area contributed by atoms with Crippen molar-refractivity contribution in [3.05, 3.63) is 52.2 Å². The Morgan fingerprint density at radius 2 is 1.96 bits per heavy atom. The maximum Gasteiger partial charge on any atom is 0.265 e. The number of quaternary nitrogens is 1. The van der Waals surface area contributed by atoms with Gasteiger partial charge in [0.15, 0.2) is 0 Å². The quantitative estimate of drug-likeness (QED) is 0.641. The zero-order valence-electron chi connectivity index (χ0n) is 15.8. The van der Waals surface area contributed by atoms with Gasteiger partial charge in [-0.25, -0.2) is 0 Å². The average Bonchev–Trinajstić information content (AvgIpc) is 3.22. The fourth-order valence-electron chi connectivity index (χ4n) is 3.55. The number of thiophene rings is 1. The van der Waals surface area contributed by atoms with E-state index in [0.29, 0.717) is 22.7 Å². The number of piperidine rings is 1. The summed E-state index contributed by atoms with van der Waals surface area (Å²) in [6.45, 7) is 5.40. The van der Waals surface area contributed by atoms with E-state index in [2.05, 4.69) is 17.6 Å². The van der Waals surface area contributed by atoms with Gasteiger partial charge in [0.25, 0.3) is 11.8 Å². The van der Waals surface area contributed by atoms with E-state index in [9.17, 15) is 9.59 Å². The largest absolute Gasteiger partial charge is 0.352 e. The van der Waals surface area contributed by atoms with Crippen molar-refractivity contribution in [2.45, 2.75) is 38.6 Å². The van der Waals surface area contributed by atoms with Crippen LogP contribution in [0.15, 0.2) is 41.8 Å². The molecule has 0 spiro atoms. The molecular formula is C21H28N3O2S+. The van der Waals surface area contributed by atoms with Gasteiger partial charge in [0.05, 0.1) is 24.0 Å². The van der Waals surface area contributed by atoms with Gasteiger partial charge in [0, 0.05) is 24.2 Å². The first kappa shape index (κ1) is 19.6. The molecule has 0 saturated carbocycles. The van der Waals surface area contributed by atoms with Crippen LogP contribution in [-0.2, 0) is 0 Å². The molecule has 144 valence electrons. The number of nitrogens with one attached hydrogen (secondary N) is 3. The van der Waals surface area contributed by atoms with E-state index in [1.807, 2.05) is 11.4 Å². The lowest BCUT2D eigenvalue weighted by atomic mass is 10.0. The van der Waals surface area contributed by atoms with Crippen molar-refractivity contribution < 1.29 is 14.5 Å². The summed E-state index contributed by atoms with van der Waals surface area (Å²) in [5, 5.41) is 7.71. The van der Waals surface area contributed by atoms with Crippen LogP contribution in [0.3, 0.4) is 0 Å². The Morgan fingerprint density at radius 3 is 2.67 bits per heavy atom. The van der Waals surface area contributed by atoms with Crippen molar-refractivity contribution in [1.82, 2.24) is 5.32 Å². The van der Waals surface area contributed by atoms with Crippen molar-refractivity contribution in [1.29, 1.82) is 0 Å². The molecule has 2 heterocycles. The fourth-order valence-corrected chi connectivity index (χ4v) is 4.17. The lowest BCUT2D eigenvalue weighted by Crippen LogP contribution is -3.16. The molecule has 1 aromatic carbocycles. The summed E-state index contributed by atoms with van der Waals surface area (Å²) >= 11 is 1.40. The highest BCUT2D eigenvalue weighted by atomic mass is 32.1. The molecule has 0 bridgehead atoms. The number of hydrogen-bond acceptors (Lipinski definition) is 3. The summed E-state index contributed by atoms with van der Waals surface area (Å²) < 4.78 is 0. The number of likely N-dealkylation sites (tertiary alicyclic amines) is 1. The van der Waals surface area contributed by atoms with Gasteiger partial charge in [-0.3, -0.25) is 9.59 Å². The lowest BCUT2D eigenvalue weighted by molar-refractivity contribution is -0.928. The van der Waals surface area contributed by atoms with E-state index >= 15 is 0 Å². The number of anilines is 1. The number of benzene rings is 1. The van der Waals surface area contributed by atoms with Crippen LogP contribution in [0.1, 0.15) is 52.6 Å². The zero-order chi connectivity index (χ0) is 19.1. The number of rotatable bonds is 7. The molecule has 3 rings (SSSR count). The molecule has 27 heavy (non-hydrogen) atoms. The van der Waals surface area contributed by atoms with Crippen LogP contribution in [0.4, 0.5) is 5.69 Å². The molecule has 2 atom stereocenters. The molecule has 1 aromatic heterocycles. The minimum absolute atomic E-state index is 0.0622. The second-order valence-electron chi connectivity index (χ2n) is 7.17. The molecule has 1 unspecified atom stereocenters. The smallest absolute Gasteiger partial charge is 0.265 e. The van der Waals surface area contributed by atoms with Crippen molar-refractivity contribution in [3.8, 4) is 0 Å². The van der Waals surface area contributed by atoms with E-state index in [-0.39, 0.29) is 11.8 Å². The van der Waals surface area contributed by atoms with Crippen molar-refractivity contribution in [2.24, 2.45) is 0 Å². The fraction of sp³-hybridized carbons (Fsp3) is 0.429. The first-order valence-corrected chi connectivity index (χ1v) is 10.6. The minimum Gasteiger partial charge on any atom is -0.352 e. The molecule has 5 nitrogen and oxygen atoms in total. The highest BCUT2D eigenvalue weighted by Crippen LogP contribution is 2.14. The van der Waals surface area contributed by atoms with Gasteiger partial charge in [-0.1, -0.05) is 6.07 Å². The summed E-state index contributed by atoms with van der Waals surface area (Å²) in [4.78, 5) is 26.7. The van der Waals surface area contributed by atoms with Crippen LogP contribution < -0.4 is 15.5 Å². The number of carbonyl (C=O) groups is 2. The second-order valence-corrected chi connectivity index (χ2v) is 8.12. The van der Waals surface area contributed by atoms with Crippen LogP contribution in [0.25, 0.3) is 0 Å². The zero-order valence-corrected chi connectivity index (χ0v) is 16.6. The first-order chi connectivity index (χ1) is 13.1. The molecule has 2 amide bonds. The van der Waals surface area contributed by atoms with E-state index < -0.39 is 0 Å². The Labute approximate surface area is 164 Å². The molecule has 0 radical (unpaired) electrons. The normalized spacial score (nSPS) is 19.4. The summed E-state index contributed by atoms with van der Waals surface area (Å²) in [5.41, 5.74) is 1.30. The van der Waals surface area contributed by atoms with Gasteiger partial charge in [0.2, 0.25) is 0 Å². The molecule has 1 aliphatic rings. The molecule has 1 saturated heterocycles. The molecule has 3 N–H and O–H groups in total. The van der Waals surface area contributed by atoms with Crippen molar-refractivity contribution in [3.63, 3.8) is 0 Å².